The van der Waals surface area contributed by atoms with Crippen LogP contribution in [0.5, 0.6) is 0 Å². The fourth-order valence-corrected chi connectivity index (χ4v) is 3.16. The molecule has 4 atom stereocenters. The number of rotatable bonds is 7. The number of carbonyl (C=O) groups is 2. The Balaban J connectivity index is 1.84. The number of carbonyl (C=O) groups excluding carboxylic acids is 1. The third-order valence-corrected chi connectivity index (χ3v) is 4.02. The Labute approximate surface area is 113 Å². The predicted octanol–water partition coefficient (Wildman–Crippen LogP) is 1.05. The van der Waals surface area contributed by atoms with Gasteiger partial charge >= 0.3 is 5.97 Å². The normalized spacial score (nSPS) is 31.6. The number of carboxylic acids is 1. The molecule has 5 nitrogen and oxygen atoms in total. The van der Waals surface area contributed by atoms with Crippen molar-refractivity contribution in [2.24, 2.45) is 23.7 Å². The third-order valence-electron chi connectivity index (χ3n) is 4.02. The molecule has 1 saturated carbocycles. The van der Waals surface area contributed by atoms with Crippen LogP contribution < -0.4 is 5.32 Å². The van der Waals surface area contributed by atoms with Gasteiger partial charge in [0.25, 0.3) is 0 Å². The summed E-state index contributed by atoms with van der Waals surface area (Å²) in [6, 6.07) is 0. The molecule has 1 amide bonds. The average molecular weight is 267 g/mol. The first-order valence-corrected chi connectivity index (χ1v) is 6.91. The van der Waals surface area contributed by atoms with Gasteiger partial charge in [-0.1, -0.05) is 12.2 Å². The Morgan fingerprint density at radius 1 is 1.32 bits per heavy atom. The number of nitrogens with one attached hydrogen (secondary N) is 1. The fraction of sp³-hybridized carbons (Fsp3) is 0.714. The number of aliphatic carboxylic acids is 1. The van der Waals surface area contributed by atoms with Gasteiger partial charge in [0.1, 0.15) is 0 Å². The van der Waals surface area contributed by atoms with E-state index in [1.165, 1.54) is 0 Å². The van der Waals surface area contributed by atoms with Crippen LogP contribution in [0.2, 0.25) is 0 Å². The molecule has 0 aromatic carbocycles. The monoisotopic (exact) mass is 267 g/mol. The summed E-state index contributed by atoms with van der Waals surface area (Å²) in [7, 11) is 0. The van der Waals surface area contributed by atoms with Gasteiger partial charge in [0.15, 0.2) is 0 Å². The largest absolute Gasteiger partial charge is 0.481 e. The van der Waals surface area contributed by atoms with Gasteiger partial charge in [-0.3, -0.25) is 9.59 Å². The van der Waals surface area contributed by atoms with Crippen molar-refractivity contribution in [2.75, 3.05) is 19.8 Å². The molecule has 106 valence electrons. The molecule has 2 rings (SSSR count). The number of carboxylic acid groups (broad SMARTS) is 1. The SMILES string of the molecule is CCOCCCNC(=O)[C@H]1C2C=CC(C2)[C@H]1C(=O)O. The van der Waals surface area contributed by atoms with Crippen LogP contribution in [0.25, 0.3) is 0 Å². The molecule has 0 spiro atoms. The summed E-state index contributed by atoms with van der Waals surface area (Å²) < 4.78 is 5.19. The molecule has 0 aromatic heterocycles. The van der Waals surface area contributed by atoms with Crippen molar-refractivity contribution in [3.63, 3.8) is 0 Å². The highest BCUT2D eigenvalue weighted by molar-refractivity contribution is 5.86. The minimum absolute atomic E-state index is 0.0293. The Morgan fingerprint density at radius 3 is 2.63 bits per heavy atom. The van der Waals surface area contributed by atoms with Gasteiger partial charge in [-0.25, -0.2) is 0 Å². The summed E-state index contributed by atoms with van der Waals surface area (Å²) in [5, 5.41) is 12.1. The van der Waals surface area contributed by atoms with Crippen LogP contribution in [0.15, 0.2) is 12.2 Å². The predicted molar refractivity (Wildman–Crippen MR) is 69.5 cm³/mol. The number of amides is 1. The molecule has 0 aromatic rings. The minimum Gasteiger partial charge on any atom is -0.481 e. The molecule has 2 N–H and O–H groups in total. The van der Waals surface area contributed by atoms with Gasteiger partial charge in [-0.2, -0.15) is 0 Å². The zero-order valence-electron chi connectivity index (χ0n) is 11.2. The lowest BCUT2D eigenvalue weighted by atomic mass is 9.82. The second-order valence-corrected chi connectivity index (χ2v) is 5.18. The molecule has 19 heavy (non-hydrogen) atoms. The standard InChI is InChI=1S/C14H21NO4/c1-2-19-7-3-6-15-13(16)11-9-4-5-10(8-9)12(11)14(17)18/h4-5,9-12H,2-3,6-8H2,1H3,(H,15,16)(H,17,18)/t9?,10?,11-,12+/m0/s1. The Bertz CT molecular complexity index is 380. The highest BCUT2D eigenvalue weighted by atomic mass is 16.5. The Hall–Kier alpha value is -1.36. The molecule has 2 aliphatic carbocycles. The summed E-state index contributed by atoms with van der Waals surface area (Å²) in [5.41, 5.74) is 0. The molecule has 0 radical (unpaired) electrons. The number of allylic oxidation sites excluding steroid dienone is 2. The van der Waals surface area contributed by atoms with Crippen molar-refractivity contribution in [1.29, 1.82) is 0 Å². The summed E-state index contributed by atoms with van der Waals surface area (Å²) in [6.45, 7) is 3.77. The molecular weight excluding hydrogens is 246 g/mol. The van der Waals surface area contributed by atoms with Gasteiger partial charge in [-0.15, -0.1) is 0 Å². The molecular formula is C14H21NO4. The van der Waals surface area contributed by atoms with Crippen molar-refractivity contribution in [2.45, 2.75) is 19.8 Å². The van der Waals surface area contributed by atoms with Crippen molar-refractivity contribution in [3.8, 4) is 0 Å². The lowest BCUT2D eigenvalue weighted by molar-refractivity contribution is -0.147. The van der Waals surface area contributed by atoms with E-state index in [9.17, 15) is 14.7 Å². The van der Waals surface area contributed by atoms with E-state index in [0.717, 1.165) is 12.8 Å². The van der Waals surface area contributed by atoms with Gasteiger partial charge < -0.3 is 15.2 Å². The Kier molecular flexibility index (Phi) is 4.58. The maximum absolute atomic E-state index is 12.1. The number of hydrogen-bond acceptors (Lipinski definition) is 3. The van der Waals surface area contributed by atoms with E-state index >= 15 is 0 Å². The van der Waals surface area contributed by atoms with Gasteiger partial charge in [0.2, 0.25) is 5.91 Å². The van der Waals surface area contributed by atoms with Crippen molar-refractivity contribution in [1.82, 2.24) is 5.32 Å². The highest BCUT2D eigenvalue weighted by Crippen LogP contribution is 2.48. The zero-order valence-corrected chi connectivity index (χ0v) is 11.2. The van der Waals surface area contributed by atoms with Crippen LogP contribution in [0, 0.1) is 23.7 Å². The quantitative estimate of drug-likeness (QED) is 0.534. The second-order valence-electron chi connectivity index (χ2n) is 5.18. The first-order chi connectivity index (χ1) is 9.15. The maximum atomic E-state index is 12.1. The smallest absolute Gasteiger partial charge is 0.307 e. The van der Waals surface area contributed by atoms with Crippen molar-refractivity contribution in [3.05, 3.63) is 12.2 Å². The van der Waals surface area contributed by atoms with Gasteiger partial charge in [0, 0.05) is 19.8 Å². The van der Waals surface area contributed by atoms with E-state index in [1.54, 1.807) is 0 Å². The van der Waals surface area contributed by atoms with E-state index in [4.69, 9.17) is 4.74 Å². The van der Waals surface area contributed by atoms with Crippen LogP contribution >= 0.6 is 0 Å². The topological polar surface area (TPSA) is 75.6 Å². The van der Waals surface area contributed by atoms with Crippen LogP contribution in [0.3, 0.4) is 0 Å². The molecule has 2 unspecified atom stereocenters. The second kappa shape index (κ2) is 6.19. The molecule has 2 aliphatic rings. The minimum atomic E-state index is -0.855. The summed E-state index contributed by atoms with van der Waals surface area (Å²) in [5.74, 6) is -1.81. The van der Waals surface area contributed by atoms with Crippen LogP contribution in [-0.4, -0.2) is 36.7 Å². The molecule has 1 fully saturated rings. The van der Waals surface area contributed by atoms with Crippen molar-refractivity contribution < 1.29 is 19.4 Å². The van der Waals surface area contributed by atoms with Gasteiger partial charge in [0.05, 0.1) is 11.8 Å². The average Bonchev–Trinajstić information content (AvgIpc) is 2.98. The van der Waals surface area contributed by atoms with Gasteiger partial charge in [-0.05, 0) is 31.6 Å². The first kappa shape index (κ1) is 14.1. The zero-order chi connectivity index (χ0) is 13.8. The summed E-state index contributed by atoms with van der Waals surface area (Å²) in [4.78, 5) is 23.4. The number of fused-ring (bicyclic) bond motifs is 2. The Morgan fingerprint density at radius 2 is 2.00 bits per heavy atom. The van der Waals surface area contributed by atoms with E-state index in [0.29, 0.717) is 19.8 Å². The third kappa shape index (κ3) is 2.97. The number of ether oxygens (including phenoxy) is 1. The highest BCUT2D eigenvalue weighted by Gasteiger charge is 2.51. The van der Waals surface area contributed by atoms with Crippen LogP contribution in [0.1, 0.15) is 19.8 Å². The van der Waals surface area contributed by atoms with Crippen LogP contribution in [-0.2, 0) is 14.3 Å². The lowest BCUT2D eigenvalue weighted by Gasteiger charge is -2.23. The fourth-order valence-electron chi connectivity index (χ4n) is 3.16. The first-order valence-electron chi connectivity index (χ1n) is 6.91. The molecule has 0 heterocycles. The van der Waals surface area contributed by atoms with E-state index in [2.05, 4.69) is 5.32 Å². The maximum Gasteiger partial charge on any atom is 0.307 e. The van der Waals surface area contributed by atoms with Crippen molar-refractivity contribution >= 4 is 11.9 Å². The van der Waals surface area contributed by atoms with E-state index < -0.39 is 17.8 Å². The molecule has 0 saturated heterocycles. The summed E-state index contributed by atoms with van der Waals surface area (Å²) >= 11 is 0. The van der Waals surface area contributed by atoms with E-state index in [-0.39, 0.29) is 17.7 Å². The molecule has 2 bridgehead atoms. The van der Waals surface area contributed by atoms with Crippen LogP contribution in [0.4, 0.5) is 0 Å². The lowest BCUT2D eigenvalue weighted by Crippen LogP contribution is -2.40. The number of hydrogen-bond donors (Lipinski definition) is 2. The molecule has 5 heteroatoms. The van der Waals surface area contributed by atoms with E-state index in [1.807, 2.05) is 19.1 Å². The molecule has 0 aliphatic heterocycles. The summed E-state index contributed by atoms with van der Waals surface area (Å²) in [6.07, 6.45) is 5.50.